The Labute approximate surface area is 599 Å². The number of hydrogen-bond donors (Lipinski definition) is 20. The van der Waals surface area contributed by atoms with Gasteiger partial charge in [-0.25, -0.2) is 0 Å². The van der Waals surface area contributed by atoms with Gasteiger partial charge in [-0.15, -0.1) is 0 Å². The average molecular weight is 1470 g/mol. The number of primary amides is 1. The van der Waals surface area contributed by atoms with Gasteiger partial charge in [-0.1, -0.05) is 73.6 Å². The molecule has 20 atom stereocenters. The van der Waals surface area contributed by atoms with Crippen molar-refractivity contribution < 1.29 is 123 Å². The van der Waals surface area contributed by atoms with Crippen LogP contribution in [0.5, 0.6) is 23.0 Å². The molecule has 104 heavy (non-hydrogen) atoms. The number of carbonyl (C=O) groups excluding carboxylic acids is 12. The second-order valence-electron chi connectivity index (χ2n) is 27.4. The highest BCUT2D eigenvalue weighted by atomic mass is 16.7. The lowest BCUT2D eigenvalue weighted by Gasteiger charge is -2.37. The van der Waals surface area contributed by atoms with Gasteiger partial charge in [-0.3, -0.25) is 57.5 Å². The number of amides is 10. The van der Waals surface area contributed by atoms with Crippen LogP contribution < -0.4 is 63.1 Å². The van der Waals surface area contributed by atoms with E-state index in [1.54, 1.807) is 19.9 Å². The molecule has 0 spiro atoms. The van der Waals surface area contributed by atoms with Crippen molar-refractivity contribution in [1.82, 2.24) is 42.5 Å². The smallest absolute Gasteiger partial charge is 0.312 e. The quantitative estimate of drug-likeness (QED) is 0.0764. The van der Waals surface area contributed by atoms with Crippen molar-refractivity contribution >= 4 is 87.1 Å². The number of rotatable bonds is 15. The first-order chi connectivity index (χ1) is 48.5. The highest BCUT2D eigenvalue weighted by Gasteiger charge is 2.50. The van der Waals surface area contributed by atoms with Crippen molar-refractivity contribution in [2.45, 2.75) is 169 Å². The highest BCUT2D eigenvalue weighted by Crippen LogP contribution is 2.54. The monoisotopic (exact) mass is 1470 g/mol. The Bertz CT molecular complexity index is 3660. The summed E-state index contributed by atoms with van der Waals surface area (Å²) in [5.41, 5.74) is 4.48. The summed E-state index contributed by atoms with van der Waals surface area (Å²) in [4.78, 5) is 164. The van der Waals surface area contributed by atoms with Crippen molar-refractivity contribution in [3.05, 3.63) is 53.3 Å². The second-order valence-corrected chi connectivity index (χ2v) is 27.4. The third-order valence-electron chi connectivity index (χ3n) is 19.6. The molecule has 0 radical (unpaired) electrons. The van der Waals surface area contributed by atoms with Crippen LogP contribution in [0.3, 0.4) is 0 Å². The minimum atomic E-state index is -2.54. The fourth-order valence-electron chi connectivity index (χ4n) is 12.0. The molecule has 0 aliphatic carbocycles. The summed E-state index contributed by atoms with van der Waals surface area (Å²) < 4.78 is 18.3. The zero-order valence-electron chi connectivity index (χ0n) is 60.1. The highest BCUT2D eigenvalue weighted by molar-refractivity contribution is 6.21. The van der Waals surface area contributed by atoms with Crippen LogP contribution in [0.2, 0.25) is 0 Å². The molecule has 5 bridgehead atoms. The SMILES string of the molecule is C/C1=C/C=C/[C@H](C)C(O)C(C)[C@@H](O)[C@@H](C)[C@H](C)[C@H](C)[C@@H](CO)/C=C/O[C@@]2(C)Oc3c(C)c(O)c4c(O)c(cc(OCC(=O)NC(C)C(C)C(=O)NCC5NC(=O)CNC(=O)C(O)CNC(=O)C(C(C)O)NC(=O)C(C(O)C(O)C(N)=O)NC(=O)C(C(C)C)CC(=O)C(CO)NC5=O)c4c3C2=O)NC1=O. The normalized spacial score (nSPS) is 30.4. The van der Waals surface area contributed by atoms with Crippen molar-refractivity contribution in [2.75, 3.05) is 44.8 Å². The number of fused-ring (bicyclic) bond motifs is 14. The molecule has 2 aromatic carbocycles. The standard InChI is InChI=1S/C69H100N10O25/c1-27(2)39-19-43(83)42(25-81)77-65(98)41(75-46(85)23-73-66(99)44(84)22-72-67(100)51(37(12)82)78-68(101)52(79-64(39)97)57(91)58(92)61(70)94)21-71-63(96)33(8)36(11)74-47(86)26-102-45-20-40-56(90)49-48(45)50-59(35(10)55(49)89)104-69(13,60(50)93)103-18-17-38(24-80)31(6)30(5)32(7)54(88)34(9)53(87)28(3)15-14-16-29(4)62(95)76-40/h14-18,20,27-28,30-34,36-39,41-42,44,51-54,57-58,80-82,84,87-92H,19,21-26H2,1-13H3,(H2,70,94)(H,71,96)(H,72,100)(H,73,99)(H,74,86)(H,75,85)(H,76,95)(H,77,98)(H,78,101)(H,79,97)/b15-14+,18-17+,29-16-/t28-,30+,31-,32-,33?,34?,36?,37?,38+,39?,41?,42?,44?,51?,52?,53?,54-,57?,58?,69-/m0/s1. The Morgan fingerprint density at radius 1 is 0.740 bits per heavy atom. The van der Waals surface area contributed by atoms with Crippen LogP contribution in [0, 0.1) is 60.2 Å². The van der Waals surface area contributed by atoms with Crippen LogP contribution >= 0.6 is 0 Å². The van der Waals surface area contributed by atoms with Crippen LogP contribution in [0.4, 0.5) is 5.69 Å². The van der Waals surface area contributed by atoms with E-state index in [1.807, 2.05) is 26.1 Å². The number of phenolic OH excluding ortho intramolecular Hbond substituents is 2. The van der Waals surface area contributed by atoms with E-state index in [-0.39, 0.29) is 57.7 Å². The van der Waals surface area contributed by atoms with Gasteiger partial charge in [0.25, 0.3) is 23.5 Å². The van der Waals surface area contributed by atoms with E-state index in [0.717, 1.165) is 13.0 Å². The molecule has 2 aromatic rings. The number of aromatic hydroxyl groups is 2. The topological polar surface area (TPSA) is 569 Å². The van der Waals surface area contributed by atoms with Gasteiger partial charge in [0.05, 0.1) is 66.8 Å². The zero-order valence-corrected chi connectivity index (χ0v) is 60.1. The minimum absolute atomic E-state index is 0.0686. The van der Waals surface area contributed by atoms with E-state index < -0.39 is 241 Å². The van der Waals surface area contributed by atoms with Crippen molar-refractivity contribution in [3.63, 3.8) is 0 Å². The van der Waals surface area contributed by atoms with Crippen molar-refractivity contribution in [1.29, 1.82) is 0 Å². The van der Waals surface area contributed by atoms with Crippen LogP contribution in [0.1, 0.15) is 105 Å². The molecular formula is C69H100N10O25. The maximum absolute atomic E-state index is 14.8. The summed E-state index contributed by atoms with van der Waals surface area (Å²) in [6.45, 7) is 14.5. The number of hydrogen-bond acceptors (Lipinski definition) is 25. The second kappa shape index (κ2) is 36.9. The van der Waals surface area contributed by atoms with Gasteiger partial charge in [-0.2, -0.15) is 0 Å². The Balaban J connectivity index is 1.44. The van der Waals surface area contributed by atoms with E-state index in [9.17, 15) is 109 Å². The average Bonchev–Trinajstić information content (AvgIpc) is 1.51. The summed E-state index contributed by atoms with van der Waals surface area (Å²) in [7, 11) is 0. The third-order valence-corrected chi connectivity index (χ3v) is 19.6. The molecule has 0 saturated carbocycles. The summed E-state index contributed by atoms with van der Waals surface area (Å²) >= 11 is 0. The number of anilines is 1. The zero-order chi connectivity index (χ0) is 78.4. The van der Waals surface area contributed by atoms with Crippen LogP contribution in [0.25, 0.3) is 10.8 Å². The maximum Gasteiger partial charge on any atom is 0.312 e. The number of nitrogens with two attached hydrogens (primary N) is 1. The molecule has 35 heteroatoms. The number of carbonyl (C=O) groups is 12. The first-order valence-corrected chi connectivity index (χ1v) is 33.9. The van der Waals surface area contributed by atoms with Gasteiger partial charge < -0.3 is 119 Å². The predicted molar refractivity (Wildman–Crippen MR) is 368 cm³/mol. The Morgan fingerprint density at radius 2 is 1.38 bits per heavy atom. The number of aliphatic hydroxyl groups excluding tert-OH is 8. The first kappa shape index (κ1) is 85.3. The van der Waals surface area contributed by atoms with E-state index in [1.165, 1.54) is 73.0 Å². The molecule has 0 aromatic heterocycles. The van der Waals surface area contributed by atoms with Crippen LogP contribution in [0.15, 0.2) is 42.2 Å². The number of benzene rings is 2. The number of β-amino-alcohol motifs (C(OH)–C–C–N with tert-alkyl or cyclic N) is 1. The van der Waals surface area contributed by atoms with Crippen LogP contribution in [-0.2, 0) is 57.5 Å². The van der Waals surface area contributed by atoms with Gasteiger partial charge >= 0.3 is 5.79 Å². The van der Waals surface area contributed by atoms with Gasteiger partial charge in [0.2, 0.25) is 41.4 Å². The largest absolute Gasteiger partial charge is 0.507 e. The molecule has 6 rings (SSSR count). The lowest BCUT2D eigenvalue weighted by molar-refractivity contribution is -0.144. The van der Waals surface area contributed by atoms with Gasteiger partial charge in [-0.05, 0) is 57.4 Å². The number of nitrogens with one attached hydrogen (secondary N) is 9. The molecule has 576 valence electrons. The van der Waals surface area contributed by atoms with E-state index >= 15 is 0 Å². The number of Topliss-reactive ketones (excluding diaryl/α,β-unsaturated/α-hetero) is 2. The van der Waals surface area contributed by atoms with Gasteiger partial charge in [0.15, 0.2) is 24.2 Å². The number of allylic oxidation sites excluding steroid dienone is 2. The molecule has 13 unspecified atom stereocenters. The first-order valence-electron chi connectivity index (χ1n) is 33.9. The molecular weight excluding hydrogens is 1370 g/mol. The fraction of sp³-hybridized carbons (Fsp3) is 0.594. The Kier molecular flexibility index (Phi) is 30.2. The number of ether oxygens (including phenoxy) is 3. The van der Waals surface area contributed by atoms with Gasteiger partial charge in [0.1, 0.15) is 53.6 Å². The third kappa shape index (κ3) is 20.5. The lowest BCUT2D eigenvalue weighted by Crippen LogP contribution is -2.63. The van der Waals surface area contributed by atoms with Crippen molar-refractivity contribution in [2.24, 2.45) is 59.0 Å². The van der Waals surface area contributed by atoms with E-state index in [4.69, 9.17) is 19.9 Å². The number of ketones is 2. The Hall–Kier alpha value is -9.36. The van der Waals surface area contributed by atoms with Crippen molar-refractivity contribution in [3.8, 4) is 23.0 Å². The molecule has 10 amide bonds. The van der Waals surface area contributed by atoms with E-state index in [2.05, 4.69) is 42.5 Å². The Morgan fingerprint density at radius 3 is 1.99 bits per heavy atom. The molecule has 1 saturated heterocycles. The molecule has 4 heterocycles. The maximum atomic E-state index is 14.8. The predicted octanol–water partition coefficient (Wildman–Crippen LogP) is -3.66. The lowest BCUT2D eigenvalue weighted by atomic mass is 9.72. The number of phenols is 2. The summed E-state index contributed by atoms with van der Waals surface area (Å²) in [6, 6.07) is -8.15. The van der Waals surface area contributed by atoms with Gasteiger partial charge in [0, 0.05) is 78.8 Å². The number of aliphatic hydroxyl groups is 8. The molecule has 1 fully saturated rings. The summed E-state index contributed by atoms with van der Waals surface area (Å²) in [5, 5.41) is 130. The molecule has 35 nitrogen and oxygen atoms in total. The van der Waals surface area contributed by atoms with E-state index in [0.29, 0.717) is 0 Å². The fourth-order valence-corrected chi connectivity index (χ4v) is 12.0. The molecule has 4 aliphatic heterocycles. The summed E-state index contributed by atoms with van der Waals surface area (Å²) in [5.74, 6) is -24.3. The molecule has 4 aliphatic rings. The summed E-state index contributed by atoms with van der Waals surface area (Å²) in [6.07, 6.45) is -4.60. The van der Waals surface area contributed by atoms with Crippen LogP contribution in [-0.4, -0.2) is 234 Å². The minimum Gasteiger partial charge on any atom is -0.507 e. The molecule has 21 N–H and O–H groups in total.